The van der Waals surface area contributed by atoms with E-state index in [2.05, 4.69) is 67.5 Å². The molecule has 0 aliphatic carbocycles. The van der Waals surface area contributed by atoms with Crippen LogP contribution < -0.4 is 71.2 Å². The molecule has 2 aromatic carbocycles. The van der Waals surface area contributed by atoms with Gasteiger partial charge in [0.25, 0.3) is 0 Å². The highest BCUT2D eigenvalue weighted by Crippen LogP contribution is 2.20. The smallest absolute Gasteiger partial charge is 0.243 e. The van der Waals surface area contributed by atoms with E-state index in [1.165, 1.54) is 19.4 Å². The second kappa shape index (κ2) is 29.7. The number of guanidine groups is 2. The zero-order chi connectivity index (χ0) is 55.9. The van der Waals surface area contributed by atoms with Gasteiger partial charge in [0, 0.05) is 81.2 Å². The van der Waals surface area contributed by atoms with E-state index in [0.29, 0.717) is 16.8 Å². The molecule has 0 spiro atoms. The molecule has 1 aliphatic rings. The summed E-state index contributed by atoms with van der Waals surface area (Å²) >= 11 is 0. The molecule has 1 saturated heterocycles. The van der Waals surface area contributed by atoms with Gasteiger partial charge in [-0.15, -0.1) is 0 Å². The standard InChI is InChI=1S/C50H70N18O9/c1-28(69)62-35(15-8-19-58-49(52)53)43(72)64-36-14-7-17-41(70)57-21-18-34(42(51)71)63-47(76)39(23-30-25-60-33-13-6-5-12-32(30)33)67-45(74)37(16-9-20-59-50(54)55)65-46(75)38(22-29-10-3-2-4-11-29)66-48(77)40(68-44(36)73)24-31-26-56-27-61-31/h2-6,10-13,25-27,34-40,60H,7-9,14-24H2,1H3,(H2,51,71)(H,56,61)(H,57,70)(H,62,69)(H,63,76)(H,64,72)(H,65,75)(H,66,77)(H,67,74)(H,68,73)(H4,52,53,58)(H4,54,55,59)/t34-,35-,36-,37-,38+,39-,40-/m0/s1. The van der Waals surface area contributed by atoms with Gasteiger partial charge in [-0.2, -0.15) is 0 Å². The molecule has 20 N–H and O–H groups in total. The zero-order valence-corrected chi connectivity index (χ0v) is 42.8. The number of aliphatic imine (C=N–C) groups is 2. The lowest BCUT2D eigenvalue weighted by molar-refractivity contribution is -0.135. The maximum absolute atomic E-state index is 14.7. The summed E-state index contributed by atoms with van der Waals surface area (Å²) in [5.41, 5.74) is 30.2. The number of H-pyrrole nitrogens is 2. The van der Waals surface area contributed by atoms with E-state index in [1.54, 1.807) is 42.6 Å². The van der Waals surface area contributed by atoms with E-state index in [1.807, 2.05) is 18.2 Å². The first-order valence-corrected chi connectivity index (χ1v) is 25.2. The van der Waals surface area contributed by atoms with Gasteiger partial charge in [-0.05, 0) is 62.1 Å². The Morgan fingerprint density at radius 2 is 1.31 bits per heavy atom. The summed E-state index contributed by atoms with van der Waals surface area (Å²) in [5, 5.41) is 22.3. The fourth-order valence-electron chi connectivity index (χ4n) is 8.50. The third kappa shape index (κ3) is 19.6. The monoisotopic (exact) mass is 1070 g/mol. The summed E-state index contributed by atoms with van der Waals surface area (Å²) < 4.78 is 0. The number of rotatable bonds is 18. The van der Waals surface area contributed by atoms with E-state index in [0.717, 1.165) is 10.9 Å². The molecule has 0 bridgehead atoms. The van der Waals surface area contributed by atoms with Gasteiger partial charge in [0.05, 0.1) is 6.33 Å². The number of aromatic nitrogens is 3. The van der Waals surface area contributed by atoms with Crippen molar-refractivity contribution in [1.82, 2.24) is 57.5 Å². The number of imidazole rings is 1. The number of carbonyl (C=O) groups is 9. The quantitative estimate of drug-likeness (QED) is 0.0263. The number of nitrogens with zero attached hydrogens (tertiary/aromatic N) is 3. The number of fused-ring (bicyclic) bond motifs is 1. The van der Waals surface area contributed by atoms with Gasteiger partial charge in [-0.25, -0.2) is 4.98 Å². The molecular formula is C50H70N18O9. The molecule has 0 saturated carbocycles. The van der Waals surface area contributed by atoms with Crippen LogP contribution in [0.25, 0.3) is 10.9 Å². The zero-order valence-electron chi connectivity index (χ0n) is 42.8. The van der Waals surface area contributed by atoms with Crippen LogP contribution in [0.1, 0.15) is 75.1 Å². The van der Waals surface area contributed by atoms with E-state index in [9.17, 15) is 43.2 Å². The summed E-state index contributed by atoms with van der Waals surface area (Å²) in [7, 11) is 0. The summed E-state index contributed by atoms with van der Waals surface area (Å²) in [4.78, 5) is 143. The minimum absolute atomic E-state index is 0.00541. The second-order valence-corrected chi connectivity index (χ2v) is 18.5. The molecule has 2 aromatic heterocycles. The highest BCUT2D eigenvalue weighted by Gasteiger charge is 2.35. The number of primary amides is 1. The fourth-order valence-corrected chi connectivity index (χ4v) is 8.50. The van der Waals surface area contributed by atoms with Crippen molar-refractivity contribution in [2.75, 3.05) is 19.6 Å². The van der Waals surface area contributed by atoms with Crippen molar-refractivity contribution in [3.63, 3.8) is 0 Å². The largest absolute Gasteiger partial charge is 0.370 e. The Morgan fingerprint density at radius 3 is 1.97 bits per heavy atom. The molecule has 0 unspecified atom stereocenters. The maximum atomic E-state index is 14.7. The number of nitrogens with one attached hydrogen (secondary N) is 10. The minimum Gasteiger partial charge on any atom is -0.370 e. The molecule has 77 heavy (non-hydrogen) atoms. The Hall–Kier alpha value is -9.04. The van der Waals surface area contributed by atoms with Crippen LogP contribution >= 0.6 is 0 Å². The average Bonchev–Trinajstić information content (AvgIpc) is 4.07. The molecule has 27 nitrogen and oxygen atoms in total. The maximum Gasteiger partial charge on any atom is 0.243 e. The first-order chi connectivity index (χ1) is 36.9. The number of nitrogens with two attached hydrogens (primary N) is 5. The summed E-state index contributed by atoms with van der Waals surface area (Å²) in [6.07, 6.45) is 3.95. The van der Waals surface area contributed by atoms with Crippen molar-refractivity contribution >= 4 is 76.0 Å². The van der Waals surface area contributed by atoms with Gasteiger partial charge in [0.15, 0.2) is 11.9 Å². The van der Waals surface area contributed by atoms with Crippen LogP contribution in [0.2, 0.25) is 0 Å². The predicted octanol–water partition coefficient (Wildman–Crippen LogP) is -3.38. The summed E-state index contributed by atoms with van der Waals surface area (Å²) in [5.74, 6) is -7.30. The molecule has 9 amide bonds. The lowest BCUT2D eigenvalue weighted by atomic mass is 10.0. The molecule has 0 radical (unpaired) electrons. The van der Waals surface area contributed by atoms with Crippen LogP contribution in [0.3, 0.4) is 0 Å². The number of benzene rings is 2. The number of carbonyl (C=O) groups excluding carboxylic acids is 9. The highest BCUT2D eigenvalue weighted by molar-refractivity contribution is 5.98. The normalized spacial score (nSPS) is 20.8. The number of amides is 9. The molecule has 27 heteroatoms. The number of aromatic amines is 2. The van der Waals surface area contributed by atoms with Crippen LogP contribution in [0, 0.1) is 0 Å². The lowest BCUT2D eigenvalue weighted by Gasteiger charge is -2.28. The molecular weight excluding hydrogens is 997 g/mol. The van der Waals surface area contributed by atoms with Gasteiger partial charge in [0.1, 0.15) is 42.3 Å². The van der Waals surface area contributed by atoms with Crippen molar-refractivity contribution in [3.8, 4) is 0 Å². The third-order valence-corrected chi connectivity index (χ3v) is 12.4. The number of hydrogen-bond donors (Lipinski definition) is 15. The van der Waals surface area contributed by atoms with Gasteiger partial charge in [0.2, 0.25) is 53.2 Å². The van der Waals surface area contributed by atoms with Crippen molar-refractivity contribution in [2.45, 2.75) is 120 Å². The second-order valence-electron chi connectivity index (χ2n) is 18.5. The number of para-hydroxylation sites is 1. The minimum atomic E-state index is -1.44. The SMILES string of the molecule is CC(=O)N[C@@H](CCCN=C(N)N)C(=O)N[C@H]1CCCC(=O)NCC[C@@H](C(N)=O)NC(=O)[C@H](Cc2c[nH]c3ccccc23)NC(=O)[C@H](CCCN=C(N)N)NC(=O)[C@@H](Cc2ccccc2)NC(=O)[C@H](Cc2cnc[nH]2)NC1=O. The number of hydrogen-bond acceptors (Lipinski definition) is 12. The van der Waals surface area contributed by atoms with Gasteiger partial charge >= 0.3 is 0 Å². The van der Waals surface area contributed by atoms with Gasteiger partial charge < -0.3 is 81.2 Å². The molecule has 1 fully saturated rings. The molecule has 5 rings (SSSR count). The lowest BCUT2D eigenvalue weighted by Crippen LogP contribution is -2.60. The van der Waals surface area contributed by atoms with Crippen LogP contribution in [-0.4, -0.2) is 142 Å². The Morgan fingerprint density at radius 1 is 0.701 bits per heavy atom. The Bertz CT molecular complexity index is 2720. The van der Waals surface area contributed by atoms with Crippen molar-refractivity contribution < 1.29 is 43.2 Å². The highest BCUT2D eigenvalue weighted by atomic mass is 16.2. The third-order valence-electron chi connectivity index (χ3n) is 12.4. The van der Waals surface area contributed by atoms with Crippen LogP contribution in [0.4, 0.5) is 0 Å². The molecule has 1 aliphatic heterocycles. The first kappa shape index (κ1) is 58.8. The van der Waals surface area contributed by atoms with E-state index in [-0.39, 0.29) is 102 Å². The molecule has 7 atom stereocenters. The van der Waals surface area contributed by atoms with E-state index >= 15 is 0 Å². The van der Waals surface area contributed by atoms with Crippen LogP contribution in [0.5, 0.6) is 0 Å². The van der Waals surface area contributed by atoms with Crippen molar-refractivity contribution in [2.24, 2.45) is 38.7 Å². The molecule has 414 valence electrons. The first-order valence-electron chi connectivity index (χ1n) is 25.2. The Kier molecular flexibility index (Phi) is 22.7. The molecule has 3 heterocycles. The summed E-state index contributed by atoms with van der Waals surface area (Å²) in [6.45, 7) is 1.24. The average molecular weight is 1070 g/mol. The topological polar surface area (TPSA) is 449 Å². The van der Waals surface area contributed by atoms with E-state index < -0.39 is 95.5 Å². The summed E-state index contributed by atoms with van der Waals surface area (Å²) in [6, 6.07) is 6.46. The van der Waals surface area contributed by atoms with Gasteiger partial charge in [-0.3, -0.25) is 53.1 Å². The fraction of sp³-hybridized carbons (Fsp3) is 0.440. The van der Waals surface area contributed by atoms with Crippen molar-refractivity contribution in [1.29, 1.82) is 0 Å². The Labute approximate surface area is 443 Å². The van der Waals surface area contributed by atoms with Crippen LogP contribution in [0.15, 0.2) is 83.3 Å². The molecule has 4 aromatic rings. The van der Waals surface area contributed by atoms with E-state index in [4.69, 9.17) is 28.7 Å². The predicted molar refractivity (Wildman–Crippen MR) is 284 cm³/mol. The van der Waals surface area contributed by atoms with Crippen LogP contribution in [-0.2, 0) is 62.4 Å². The van der Waals surface area contributed by atoms with Crippen molar-refractivity contribution in [3.05, 3.63) is 90.1 Å². The Balaban J connectivity index is 1.54. The van der Waals surface area contributed by atoms with Gasteiger partial charge in [-0.1, -0.05) is 48.5 Å².